The Morgan fingerprint density at radius 3 is 2.36 bits per heavy atom. The molecular formula is C14H16Cl5N3O3. The van der Waals surface area contributed by atoms with Gasteiger partial charge in [0.15, 0.2) is 0 Å². The van der Waals surface area contributed by atoms with Crippen LogP contribution < -0.4 is 16.2 Å². The summed E-state index contributed by atoms with van der Waals surface area (Å²) in [5.74, 6) is -0.427. The van der Waals surface area contributed by atoms with Crippen molar-refractivity contribution in [2.45, 2.75) is 30.3 Å². The van der Waals surface area contributed by atoms with Crippen LogP contribution in [0.25, 0.3) is 0 Å². The van der Waals surface area contributed by atoms with Crippen LogP contribution in [0.5, 0.6) is 0 Å². The van der Waals surface area contributed by atoms with Crippen LogP contribution in [0.3, 0.4) is 0 Å². The van der Waals surface area contributed by atoms with E-state index in [1.54, 1.807) is 12.1 Å². The molecule has 0 fully saturated rings. The van der Waals surface area contributed by atoms with Crippen molar-refractivity contribution in [1.82, 2.24) is 10.7 Å². The van der Waals surface area contributed by atoms with Gasteiger partial charge in [0, 0.05) is 5.02 Å². The molecule has 0 aliphatic heterocycles. The molecule has 1 aromatic carbocycles. The third kappa shape index (κ3) is 8.92. The van der Waals surface area contributed by atoms with Crippen molar-refractivity contribution in [3.05, 3.63) is 28.2 Å². The molecule has 1 unspecified atom stereocenters. The second-order valence-electron chi connectivity index (χ2n) is 5.40. The van der Waals surface area contributed by atoms with Gasteiger partial charge in [-0.05, 0) is 65.3 Å². The monoisotopic (exact) mass is 449 g/mol. The number of alkyl carbamates (subject to hydrolysis) is 1. The SMILES string of the molecule is CC(C)CC(NC(=O)OC(Cl)(Cl)Cl)C(=O)NNc1ccc(Cl)cc1Cl. The number of halogens is 5. The van der Waals surface area contributed by atoms with E-state index in [9.17, 15) is 9.59 Å². The molecule has 6 nitrogen and oxygen atoms in total. The minimum atomic E-state index is -2.22. The van der Waals surface area contributed by atoms with Crippen molar-refractivity contribution in [1.29, 1.82) is 0 Å². The maximum atomic E-state index is 12.3. The summed E-state index contributed by atoms with van der Waals surface area (Å²) in [4.78, 5) is 24.0. The minimum absolute atomic E-state index is 0.0999. The number of hydrogen-bond donors (Lipinski definition) is 3. The molecular weight excluding hydrogens is 435 g/mol. The van der Waals surface area contributed by atoms with Crippen molar-refractivity contribution in [2.75, 3.05) is 5.43 Å². The number of amides is 2. The third-order valence-corrected chi connectivity index (χ3v) is 3.55. The Bertz CT molecular complexity index is 622. The molecule has 0 heterocycles. The number of alkyl halides is 3. The lowest BCUT2D eigenvalue weighted by atomic mass is 10.0. The molecule has 0 aliphatic rings. The first-order valence-electron chi connectivity index (χ1n) is 7.05. The Morgan fingerprint density at radius 1 is 1.20 bits per heavy atom. The zero-order valence-corrected chi connectivity index (χ0v) is 17.0. The summed E-state index contributed by atoms with van der Waals surface area (Å²) in [5, 5.41) is 3.11. The van der Waals surface area contributed by atoms with E-state index in [1.165, 1.54) is 6.07 Å². The largest absolute Gasteiger partial charge is 0.411 e. The van der Waals surface area contributed by atoms with E-state index in [0.717, 1.165) is 0 Å². The molecule has 11 heteroatoms. The minimum Gasteiger partial charge on any atom is -0.398 e. The summed E-state index contributed by atoms with van der Waals surface area (Å²) in [7, 11) is 0. The maximum absolute atomic E-state index is 12.3. The summed E-state index contributed by atoms with van der Waals surface area (Å²) in [6.07, 6.45) is -0.707. The number of nitrogens with one attached hydrogen (secondary N) is 3. The predicted molar refractivity (Wildman–Crippen MR) is 101 cm³/mol. The van der Waals surface area contributed by atoms with Gasteiger partial charge < -0.3 is 10.1 Å². The van der Waals surface area contributed by atoms with Crippen molar-refractivity contribution in [3.63, 3.8) is 0 Å². The van der Waals surface area contributed by atoms with Gasteiger partial charge in [-0.3, -0.25) is 15.6 Å². The van der Waals surface area contributed by atoms with Gasteiger partial charge in [0.05, 0.1) is 10.7 Å². The lowest BCUT2D eigenvalue weighted by molar-refractivity contribution is -0.123. The van der Waals surface area contributed by atoms with Crippen molar-refractivity contribution >= 4 is 75.7 Å². The molecule has 1 rings (SSSR count). The number of benzene rings is 1. The molecule has 1 atom stereocenters. The van der Waals surface area contributed by atoms with E-state index in [1.807, 2.05) is 13.8 Å². The molecule has 2 amide bonds. The molecule has 0 aromatic heterocycles. The van der Waals surface area contributed by atoms with Crippen LogP contribution in [0.1, 0.15) is 20.3 Å². The predicted octanol–water partition coefficient (Wildman–Crippen LogP) is 4.91. The molecule has 0 bridgehead atoms. The molecule has 140 valence electrons. The van der Waals surface area contributed by atoms with Crippen molar-refractivity contribution < 1.29 is 14.3 Å². The maximum Gasteiger partial charge on any atom is 0.411 e. The third-order valence-electron chi connectivity index (χ3n) is 2.78. The first-order chi connectivity index (χ1) is 11.5. The van der Waals surface area contributed by atoms with Crippen LogP contribution in [0.2, 0.25) is 10.0 Å². The van der Waals surface area contributed by atoms with Crippen molar-refractivity contribution in [2.24, 2.45) is 5.92 Å². The Labute approximate surface area is 170 Å². The van der Waals surface area contributed by atoms with Crippen LogP contribution >= 0.6 is 58.0 Å². The lowest BCUT2D eigenvalue weighted by Gasteiger charge is -2.22. The summed E-state index contributed by atoms with van der Waals surface area (Å²) >= 11 is 27.9. The Morgan fingerprint density at radius 2 is 1.84 bits per heavy atom. The number of carbonyl (C=O) groups excluding carboxylic acids is 2. The molecule has 1 aromatic rings. The zero-order valence-electron chi connectivity index (χ0n) is 13.2. The average molecular weight is 452 g/mol. The fourth-order valence-electron chi connectivity index (χ4n) is 1.79. The van der Waals surface area contributed by atoms with E-state index in [-0.39, 0.29) is 5.92 Å². The van der Waals surface area contributed by atoms with E-state index < -0.39 is 22.0 Å². The highest BCUT2D eigenvalue weighted by atomic mass is 35.6. The van der Waals surface area contributed by atoms with Gasteiger partial charge in [0.25, 0.3) is 5.91 Å². The molecule has 0 radical (unpaired) electrons. The van der Waals surface area contributed by atoms with Gasteiger partial charge in [0.1, 0.15) is 6.04 Å². The summed E-state index contributed by atoms with van der Waals surface area (Å²) in [6.45, 7) is 3.76. The Balaban J connectivity index is 2.71. The molecule has 3 N–H and O–H groups in total. The van der Waals surface area contributed by atoms with E-state index in [2.05, 4.69) is 20.9 Å². The Kier molecular flexibility index (Phi) is 8.71. The highest BCUT2D eigenvalue weighted by molar-refractivity contribution is 6.66. The second-order valence-corrected chi connectivity index (χ2v) is 8.42. The first kappa shape index (κ1) is 22.3. The Hall–Kier alpha value is -0.790. The van der Waals surface area contributed by atoms with Crippen LogP contribution in [-0.4, -0.2) is 22.0 Å². The summed E-state index contributed by atoms with van der Waals surface area (Å²) in [6, 6.07) is 3.79. The van der Waals surface area contributed by atoms with Gasteiger partial charge in [-0.25, -0.2) is 4.79 Å². The molecule has 0 spiro atoms. The number of ether oxygens (including phenoxy) is 1. The van der Waals surface area contributed by atoms with Crippen LogP contribution in [-0.2, 0) is 9.53 Å². The van der Waals surface area contributed by atoms with E-state index >= 15 is 0 Å². The van der Waals surface area contributed by atoms with Gasteiger partial charge in [-0.15, -0.1) is 0 Å². The van der Waals surface area contributed by atoms with E-state index in [0.29, 0.717) is 22.2 Å². The topological polar surface area (TPSA) is 79.5 Å². The molecule has 0 saturated carbocycles. The van der Waals surface area contributed by atoms with Crippen LogP contribution in [0, 0.1) is 5.92 Å². The van der Waals surface area contributed by atoms with E-state index in [4.69, 9.17) is 58.0 Å². The smallest absolute Gasteiger partial charge is 0.398 e. The van der Waals surface area contributed by atoms with Crippen LogP contribution in [0.4, 0.5) is 10.5 Å². The fraction of sp³-hybridized carbons (Fsp3) is 0.429. The standard InChI is InChI=1S/C14H16Cl5N3O3/c1-7(2)5-11(20-13(24)25-14(17,18)19)12(23)22-21-10-4-3-8(15)6-9(10)16/h3-4,6-7,11,21H,5H2,1-2H3,(H,20,24)(H,22,23). The van der Waals surface area contributed by atoms with Gasteiger partial charge in [0.2, 0.25) is 0 Å². The van der Waals surface area contributed by atoms with Gasteiger partial charge in [-0.1, -0.05) is 37.0 Å². The first-order valence-corrected chi connectivity index (χ1v) is 8.94. The number of anilines is 1. The highest BCUT2D eigenvalue weighted by Crippen LogP contribution is 2.27. The zero-order chi connectivity index (χ0) is 19.2. The summed E-state index contributed by atoms with van der Waals surface area (Å²) in [5.41, 5.74) is 5.54. The molecule has 25 heavy (non-hydrogen) atoms. The second kappa shape index (κ2) is 9.78. The average Bonchev–Trinajstić information content (AvgIpc) is 2.42. The quantitative estimate of drug-likeness (QED) is 0.424. The number of hydrogen-bond acceptors (Lipinski definition) is 4. The molecule has 0 aliphatic carbocycles. The lowest BCUT2D eigenvalue weighted by Crippen LogP contribution is -2.49. The van der Waals surface area contributed by atoms with Crippen LogP contribution in [0.15, 0.2) is 18.2 Å². The number of rotatable bonds is 6. The summed E-state index contributed by atoms with van der Waals surface area (Å²) < 4.78 is 2.28. The fourth-order valence-corrected chi connectivity index (χ4v) is 2.45. The van der Waals surface area contributed by atoms with Gasteiger partial charge in [-0.2, -0.15) is 0 Å². The highest BCUT2D eigenvalue weighted by Gasteiger charge is 2.29. The molecule has 0 saturated heterocycles. The van der Waals surface area contributed by atoms with Gasteiger partial charge >= 0.3 is 10.1 Å². The normalized spacial score (nSPS) is 12.5. The number of carbonyl (C=O) groups is 2. The number of hydrazine groups is 1. The van der Waals surface area contributed by atoms with Crippen molar-refractivity contribution in [3.8, 4) is 0 Å².